The molecular formula is C17H21NO. The predicted molar refractivity (Wildman–Crippen MR) is 79.9 cm³/mol. The van der Waals surface area contributed by atoms with Gasteiger partial charge in [-0.05, 0) is 37.9 Å². The van der Waals surface area contributed by atoms with E-state index in [-0.39, 0.29) is 6.04 Å². The number of hydrogen-bond acceptors (Lipinski definition) is 2. The Labute approximate surface area is 115 Å². The number of terminal acetylenes is 1. The molecule has 0 aliphatic carbocycles. The molecule has 2 nitrogen and oxygen atoms in total. The molecular weight excluding hydrogens is 234 g/mol. The van der Waals surface area contributed by atoms with Crippen LogP contribution < -0.4 is 5.32 Å². The Kier molecular flexibility index (Phi) is 5.06. The van der Waals surface area contributed by atoms with E-state index in [0.29, 0.717) is 0 Å². The van der Waals surface area contributed by atoms with Crippen LogP contribution >= 0.6 is 0 Å². The molecule has 2 heteroatoms. The Hall–Kier alpha value is -1.72. The lowest BCUT2D eigenvalue weighted by atomic mass is 10.1. The fraction of sp³-hybridized carbons (Fsp3) is 0.412. The average molecular weight is 255 g/mol. The van der Waals surface area contributed by atoms with E-state index in [9.17, 15) is 0 Å². The second-order valence-electron chi connectivity index (χ2n) is 4.79. The SMILES string of the molecule is C#CCCCC(NCCC)c1cc2ccccc2o1. The zero-order valence-corrected chi connectivity index (χ0v) is 11.5. The first-order chi connectivity index (χ1) is 9.35. The Morgan fingerprint density at radius 1 is 1.37 bits per heavy atom. The summed E-state index contributed by atoms with van der Waals surface area (Å²) in [4.78, 5) is 0. The molecule has 100 valence electrons. The highest BCUT2D eigenvalue weighted by molar-refractivity contribution is 5.77. The molecule has 0 fully saturated rings. The van der Waals surface area contributed by atoms with Crippen molar-refractivity contribution in [3.8, 4) is 12.3 Å². The fourth-order valence-corrected chi connectivity index (χ4v) is 2.25. The number of para-hydroxylation sites is 1. The van der Waals surface area contributed by atoms with Crippen molar-refractivity contribution in [2.24, 2.45) is 0 Å². The number of fused-ring (bicyclic) bond motifs is 1. The van der Waals surface area contributed by atoms with E-state index in [4.69, 9.17) is 10.8 Å². The number of unbranched alkanes of at least 4 members (excludes halogenated alkanes) is 1. The molecule has 0 aliphatic heterocycles. The van der Waals surface area contributed by atoms with Gasteiger partial charge in [-0.25, -0.2) is 0 Å². The minimum Gasteiger partial charge on any atom is -0.459 e. The molecule has 2 rings (SSSR count). The lowest BCUT2D eigenvalue weighted by Crippen LogP contribution is -2.21. The third kappa shape index (κ3) is 3.62. The van der Waals surface area contributed by atoms with E-state index in [2.05, 4.69) is 30.3 Å². The minimum absolute atomic E-state index is 0.265. The number of hydrogen-bond donors (Lipinski definition) is 1. The zero-order valence-electron chi connectivity index (χ0n) is 11.5. The standard InChI is InChI=1S/C17H21NO/c1-3-5-6-10-15(18-12-4-2)17-13-14-9-7-8-11-16(14)19-17/h1,7-9,11,13,15,18H,4-6,10,12H2,2H3. The molecule has 1 aromatic heterocycles. The molecule has 0 bridgehead atoms. The van der Waals surface area contributed by atoms with Crippen molar-refractivity contribution in [2.45, 2.75) is 38.6 Å². The number of furan rings is 1. The summed E-state index contributed by atoms with van der Waals surface area (Å²) in [6, 6.07) is 10.5. The number of benzene rings is 1. The molecule has 0 saturated carbocycles. The third-order valence-corrected chi connectivity index (χ3v) is 3.24. The van der Waals surface area contributed by atoms with Gasteiger partial charge < -0.3 is 9.73 Å². The van der Waals surface area contributed by atoms with Crippen molar-refractivity contribution in [3.63, 3.8) is 0 Å². The molecule has 1 heterocycles. The lowest BCUT2D eigenvalue weighted by Gasteiger charge is -2.15. The molecule has 1 atom stereocenters. The normalized spacial score (nSPS) is 12.4. The van der Waals surface area contributed by atoms with E-state index < -0.39 is 0 Å². The van der Waals surface area contributed by atoms with Crippen LogP contribution in [-0.4, -0.2) is 6.54 Å². The van der Waals surface area contributed by atoms with Crippen LogP contribution in [0.3, 0.4) is 0 Å². The molecule has 0 aliphatic rings. The Balaban J connectivity index is 2.13. The summed E-state index contributed by atoms with van der Waals surface area (Å²) in [7, 11) is 0. The van der Waals surface area contributed by atoms with Gasteiger partial charge in [-0.2, -0.15) is 0 Å². The van der Waals surface area contributed by atoms with Gasteiger partial charge in [-0.3, -0.25) is 0 Å². The molecule has 1 aromatic carbocycles. The largest absolute Gasteiger partial charge is 0.459 e. The van der Waals surface area contributed by atoms with Crippen molar-refractivity contribution < 1.29 is 4.42 Å². The monoisotopic (exact) mass is 255 g/mol. The smallest absolute Gasteiger partial charge is 0.134 e. The van der Waals surface area contributed by atoms with Gasteiger partial charge in [-0.15, -0.1) is 12.3 Å². The molecule has 2 aromatic rings. The maximum atomic E-state index is 5.94. The maximum absolute atomic E-state index is 5.94. The van der Waals surface area contributed by atoms with E-state index in [0.717, 1.165) is 49.0 Å². The van der Waals surface area contributed by atoms with Crippen LogP contribution in [0.25, 0.3) is 11.0 Å². The van der Waals surface area contributed by atoms with Crippen LogP contribution in [0.15, 0.2) is 34.7 Å². The van der Waals surface area contributed by atoms with Crippen LogP contribution in [0.4, 0.5) is 0 Å². The maximum Gasteiger partial charge on any atom is 0.134 e. The van der Waals surface area contributed by atoms with Crippen LogP contribution in [0.2, 0.25) is 0 Å². The Bertz CT molecular complexity index is 517. The summed E-state index contributed by atoms with van der Waals surface area (Å²) in [5.74, 6) is 3.72. The quantitative estimate of drug-likeness (QED) is 0.590. The van der Waals surface area contributed by atoms with Gasteiger partial charge in [0.05, 0.1) is 6.04 Å². The molecule has 19 heavy (non-hydrogen) atoms. The van der Waals surface area contributed by atoms with Crippen molar-refractivity contribution >= 4 is 11.0 Å². The van der Waals surface area contributed by atoms with Crippen molar-refractivity contribution in [1.29, 1.82) is 0 Å². The fourth-order valence-electron chi connectivity index (χ4n) is 2.25. The van der Waals surface area contributed by atoms with Gasteiger partial charge in [-0.1, -0.05) is 25.1 Å². The highest BCUT2D eigenvalue weighted by atomic mass is 16.3. The first-order valence-corrected chi connectivity index (χ1v) is 7.00. The average Bonchev–Trinajstić information content (AvgIpc) is 2.86. The van der Waals surface area contributed by atoms with Gasteiger partial charge in [0, 0.05) is 11.8 Å². The summed E-state index contributed by atoms with van der Waals surface area (Å²) in [6.07, 6.45) is 9.30. The van der Waals surface area contributed by atoms with Crippen LogP contribution in [0.5, 0.6) is 0 Å². The molecule has 0 saturated heterocycles. The lowest BCUT2D eigenvalue weighted by molar-refractivity contribution is 0.404. The Morgan fingerprint density at radius 3 is 2.95 bits per heavy atom. The van der Waals surface area contributed by atoms with E-state index in [1.165, 1.54) is 0 Å². The van der Waals surface area contributed by atoms with Gasteiger partial charge in [0.15, 0.2) is 0 Å². The number of rotatable bonds is 7. The second kappa shape index (κ2) is 7.01. The summed E-state index contributed by atoms with van der Waals surface area (Å²) in [5.41, 5.74) is 0.956. The molecule has 0 spiro atoms. The van der Waals surface area contributed by atoms with E-state index >= 15 is 0 Å². The van der Waals surface area contributed by atoms with Gasteiger partial charge in [0.1, 0.15) is 11.3 Å². The highest BCUT2D eigenvalue weighted by Gasteiger charge is 2.15. The van der Waals surface area contributed by atoms with Crippen molar-refractivity contribution in [2.75, 3.05) is 6.54 Å². The first kappa shape index (κ1) is 13.7. The van der Waals surface area contributed by atoms with Crippen molar-refractivity contribution in [1.82, 2.24) is 5.32 Å². The van der Waals surface area contributed by atoms with E-state index in [1.807, 2.05) is 18.2 Å². The van der Waals surface area contributed by atoms with Gasteiger partial charge >= 0.3 is 0 Å². The topological polar surface area (TPSA) is 25.2 Å². The first-order valence-electron chi connectivity index (χ1n) is 7.00. The van der Waals surface area contributed by atoms with Gasteiger partial charge in [0.25, 0.3) is 0 Å². The third-order valence-electron chi connectivity index (χ3n) is 3.24. The van der Waals surface area contributed by atoms with E-state index in [1.54, 1.807) is 0 Å². The summed E-state index contributed by atoms with van der Waals surface area (Å²) >= 11 is 0. The second-order valence-corrected chi connectivity index (χ2v) is 4.79. The predicted octanol–water partition coefficient (Wildman–Crippen LogP) is 4.28. The van der Waals surface area contributed by atoms with Gasteiger partial charge in [0.2, 0.25) is 0 Å². The zero-order chi connectivity index (χ0) is 13.5. The van der Waals surface area contributed by atoms with Crippen LogP contribution in [0.1, 0.15) is 44.4 Å². The minimum atomic E-state index is 0.265. The molecule has 0 amide bonds. The Morgan fingerprint density at radius 2 is 2.21 bits per heavy atom. The summed E-state index contributed by atoms with van der Waals surface area (Å²) in [6.45, 7) is 3.17. The van der Waals surface area contributed by atoms with Crippen LogP contribution in [-0.2, 0) is 0 Å². The molecule has 1 unspecified atom stereocenters. The number of nitrogens with one attached hydrogen (secondary N) is 1. The van der Waals surface area contributed by atoms with Crippen LogP contribution in [0, 0.1) is 12.3 Å². The molecule has 0 radical (unpaired) electrons. The summed E-state index contributed by atoms with van der Waals surface area (Å²) in [5, 5.41) is 4.71. The summed E-state index contributed by atoms with van der Waals surface area (Å²) < 4.78 is 5.94. The molecule has 1 N–H and O–H groups in total. The highest BCUT2D eigenvalue weighted by Crippen LogP contribution is 2.26. The van der Waals surface area contributed by atoms with Crippen molar-refractivity contribution in [3.05, 3.63) is 36.1 Å².